The molecule has 2 aromatic carbocycles. The van der Waals surface area contributed by atoms with Crippen LogP contribution in [-0.2, 0) is 27.8 Å². The van der Waals surface area contributed by atoms with E-state index in [0.717, 1.165) is 11.1 Å². The molecule has 2 aromatic rings. The molecule has 162 valence electrons. The van der Waals surface area contributed by atoms with Gasteiger partial charge in [-0.25, -0.2) is 18.5 Å². The summed E-state index contributed by atoms with van der Waals surface area (Å²) in [4.78, 5) is 14.9. The molecular weight excluding hydrogens is 410 g/mol. The number of hydrogen-bond donors (Lipinski definition) is 3. The zero-order valence-electron chi connectivity index (χ0n) is 16.7. The van der Waals surface area contributed by atoms with Gasteiger partial charge in [-0.15, -0.1) is 0 Å². The van der Waals surface area contributed by atoms with Crippen molar-refractivity contribution in [3.63, 3.8) is 0 Å². The van der Waals surface area contributed by atoms with E-state index in [1.807, 2.05) is 6.92 Å². The van der Waals surface area contributed by atoms with Crippen molar-refractivity contribution in [3.05, 3.63) is 69.8 Å². The van der Waals surface area contributed by atoms with Crippen LogP contribution in [0.2, 0.25) is 0 Å². The molecule has 11 heteroatoms. The summed E-state index contributed by atoms with van der Waals surface area (Å²) in [6.45, 7) is 3.13. The second-order valence-electron chi connectivity index (χ2n) is 6.63. The van der Waals surface area contributed by atoms with Gasteiger partial charge >= 0.3 is 0 Å². The van der Waals surface area contributed by atoms with Crippen molar-refractivity contribution < 1.29 is 18.1 Å². The highest BCUT2D eigenvalue weighted by Crippen LogP contribution is 2.12. The van der Waals surface area contributed by atoms with E-state index in [0.29, 0.717) is 25.7 Å². The lowest BCUT2D eigenvalue weighted by Crippen LogP contribution is -2.43. The molecule has 10 nitrogen and oxygen atoms in total. The molecule has 0 aliphatic rings. The molecule has 1 unspecified atom stereocenters. The van der Waals surface area contributed by atoms with Gasteiger partial charge in [0.2, 0.25) is 10.0 Å². The second kappa shape index (κ2) is 10.7. The fourth-order valence-electron chi connectivity index (χ4n) is 2.55. The van der Waals surface area contributed by atoms with E-state index in [9.17, 15) is 18.5 Å². The first-order chi connectivity index (χ1) is 14.2. The number of hydrogen-bond acceptors (Lipinski definition) is 6. The van der Waals surface area contributed by atoms with Crippen LogP contribution in [0.15, 0.2) is 58.4 Å². The molecule has 30 heavy (non-hydrogen) atoms. The van der Waals surface area contributed by atoms with Gasteiger partial charge in [0.25, 0.3) is 5.69 Å². The maximum atomic E-state index is 11.4. The summed E-state index contributed by atoms with van der Waals surface area (Å²) in [5.41, 5.74) is 1.69. The Morgan fingerprint density at radius 3 is 2.30 bits per heavy atom. The minimum Gasteiger partial charge on any atom is -0.383 e. The zero-order valence-corrected chi connectivity index (χ0v) is 17.6. The van der Waals surface area contributed by atoms with Gasteiger partial charge in [0.05, 0.1) is 23.0 Å². The molecule has 1 atom stereocenters. The van der Waals surface area contributed by atoms with Gasteiger partial charge < -0.3 is 15.4 Å². The molecule has 0 amide bonds. The highest BCUT2D eigenvalue weighted by molar-refractivity contribution is 7.89. The standard InChI is InChI=1S/C19H25N5O5S/c1-14(13-29-2)23-19(21-11-15-3-7-17(8-4-15)24(25)26)22-12-16-5-9-18(10-6-16)30(20,27)28/h3-10,14H,11-13H2,1-2H3,(H2,20,27,28)(H2,21,22,23). The molecule has 2 rings (SSSR count). The Hall–Kier alpha value is -3.02. The molecule has 0 saturated carbocycles. The third kappa shape index (κ3) is 7.43. The van der Waals surface area contributed by atoms with Crippen LogP contribution >= 0.6 is 0 Å². The summed E-state index contributed by atoms with van der Waals surface area (Å²) < 4.78 is 27.8. The summed E-state index contributed by atoms with van der Waals surface area (Å²) in [6.07, 6.45) is 0. The monoisotopic (exact) mass is 435 g/mol. The Bertz CT molecular complexity index is 975. The number of benzene rings is 2. The van der Waals surface area contributed by atoms with Crippen molar-refractivity contribution in [1.82, 2.24) is 10.6 Å². The maximum Gasteiger partial charge on any atom is 0.269 e. The fraction of sp³-hybridized carbons (Fsp3) is 0.316. The first kappa shape index (κ1) is 23.3. The minimum atomic E-state index is -3.74. The highest BCUT2D eigenvalue weighted by Gasteiger charge is 2.09. The van der Waals surface area contributed by atoms with Crippen LogP contribution in [0.3, 0.4) is 0 Å². The number of nitro benzene ring substituents is 1. The molecule has 0 radical (unpaired) electrons. The van der Waals surface area contributed by atoms with Gasteiger partial charge in [-0.3, -0.25) is 10.1 Å². The summed E-state index contributed by atoms with van der Waals surface area (Å²) in [6, 6.07) is 12.4. The third-order valence-corrected chi connectivity index (χ3v) is 5.01. The quantitative estimate of drug-likeness (QED) is 0.234. The van der Waals surface area contributed by atoms with Crippen molar-refractivity contribution in [2.75, 3.05) is 13.7 Å². The molecule has 4 N–H and O–H groups in total. The number of nitrogens with two attached hydrogens (primary N) is 1. The van der Waals surface area contributed by atoms with E-state index < -0.39 is 14.9 Å². The number of guanidine groups is 1. The van der Waals surface area contributed by atoms with E-state index in [1.165, 1.54) is 24.3 Å². The first-order valence-electron chi connectivity index (χ1n) is 9.08. The second-order valence-corrected chi connectivity index (χ2v) is 8.19. The Balaban J connectivity index is 2.08. The fourth-order valence-corrected chi connectivity index (χ4v) is 3.07. The van der Waals surface area contributed by atoms with E-state index in [2.05, 4.69) is 15.6 Å². The molecule has 0 bridgehead atoms. The van der Waals surface area contributed by atoms with Crippen LogP contribution in [0.1, 0.15) is 18.1 Å². The van der Waals surface area contributed by atoms with E-state index in [-0.39, 0.29) is 16.6 Å². The number of ether oxygens (including phenoxy) is 1. The number of nitrogens with one attached hydrogen (secondary N) is 2. The number of sulfonamides is 1. The molecule has 0 aromatic heterocycles. The predicted molar refractivity (Wildman–Crippen MR) is 113 cm³/mol. The van der Waals surface area contributed by atoms with Gasteiger partial charge in [-0.1, -0.05) is 24.3 Å². The van der Waals surface area contributed by atoms with Crippen molar-refractivity contribution in [2.45, 2.75) is 31.0 Å². The first-order valence-corrected chi connectivity index (χ1v) is 10.6. The third-order valence-electron chi connectivity index (χ3n) is 4.08. The van der Waals surface area contributed by atoms with Gasteiger partial charge in [-0.05, 0) is 30.2 Å². The average molecular weight is 436 g/mol. The summed E-state index contributed by atoms with van der Waals surface area (Å²) in [7, 11) is -2.13. The summed E-state index contributed by atoms with van der Waals surface area (Å²) >= 11 is 0. The Kier molecular flexibility index (Phi) is 8.27. The molecule has 0 aliphatic carbocycles. The largest absolute Gasteiger partial charge is 0.383 e. The van der Waals surface area contributed by atoms with Crippen LogP contribution < -0.4 is 15.8 Å². The smallest absolute Gasteiger partial charge is 0.269 e. The number of nitrogens with zero attached hydrogens (tertiary/aromatic N) is 2. The van der Waals surface area contributed by atoms with Crippen molar-refractivity contribution in [2.24, 2.45) is 10.1 Å². The molecule has 0 heterocycles. The molecule has 0 fully saturated rings. The Morgan fingerprint density at radius 2 is 1.77 bits per heavy atom. The lowest BCUT2D eigenvalue weighted by molar-refractivity contribution is -0.384. The number of nitro groups is 1. The van der Waals surface area contributed by atoms with E-state index in [4.69, 9.17) is 9.88 Å². The van der Waals surface area contributed by atoms with Gasteiger partial charge in [-0.2, -0.15) is 0 Å². The topological polar surface area (TPSA) is 149 Å². The maximum absolute atomic E-state index is 11.4. The number of primary sulfonamides is 1. The molecular formula is C19H25N5O5S. The number of methoxy groups -OCH3 is 1. The summed E-state index contributed by atoms with van der Waals surface area (Å²) in [5.74, 6) is 0.522. The van der Waals surface area contributed by atoms with Gasteiger partial charge in [0, 0.05) is 31.8 Å². The molecule has 0 aliphatic heterocycles. The van der Waals surface area contributed by atoms with Crippen LogP contribution in [-0.4, -0.2) is 39.1 Å². The van der Waals surface area contributed by atoms with Crippen molar-refractivity contribution in [3.8, 4) is 0 Å². The van der Waals surface area contributed by atoms with Gasteiger partial charge in [0.1, 0.15) is 0 Å². The van der Waals surface area contributed by atoms with Crippen LogP contribution in [0.4, 0.5) is 5.69 Å². The number of non-ortho nitro benzene ring substituents is 1. The molecule has 0 saturated heterocycles. The Labute approximate surface area is 175 Å². The zero-order chi connectivity index (χ0) is 22.1. The SMILES string of the molecule is COCC(C)NC(=NCc1ccc(S(N)(=O)=O)cc1)NCc1ccc([N+](=O)[O-])cc1. The van der Waals surface area contributed by atoms with Crippen molar-refractivity contribution in [1.29, 1.82) is 0 Å². The highest BCUT2D eigenvalue weighted by atomic mass is 32.2. The van der Waals surface area contributed by atoms with Crippen molar-refractivity contribution >= 4 is 21.7 Å². The Morgan fingerprint density at radius 1 is 1.17 bits per heavy atom. The van der Waals surface area contributed by atoms with Gasteiger partial charge in [0.15, 0.2) is 5.96 Å². The summed E-state index contributed by atoms with van der Waals surface area (Å²) in [5, 5.41) is 22.3. The lowest BCUT2D eigenvalue weighted by Gasteiger charge is -2.18. The molecule has 0 spiro atoms. The van der Waals surface area contributed by atoms with Crippen LogP contribution in [0, 0.1) is 10.1 Å². The lowest BCUT2D eigenvalue weighted by atomic mass is 10.2. The van der Waals surface area contributed by atoms with Crippen LogP contribution in [0.25, 0.3) is 0 Å². The van der Waals surface area contributed by atoms with Crippen LogP contribution in [0.5, 0.6) is 0 Å². The predicted octanol–water partition coefficient (Wildman–Crippen LogP) is 1.51. The van der Waals surface area contributed by atoms with E-state index >= 15 is 0 Å². The number of aliphatic imine (C=N–C) groups is 1. The normalized spacial score (nSPS) is 13.0. The average Bonchev–Trinajstić information content (AvgIpc) is 2.70. The number of rotatable bonds is 9. The van der Waals surface area contributed by atoms with E-state index in [1.54, 1.807) is 31.4 Å². The minimum absolute atomic E-state index is 0.0112.